The molecule has 0 unspecified atom stereocenters. The molecule has 1 aromatic carbocycles. The Morgan fingerprint density at radius 1 is 1.20 bits per heavy atom. The highest BCUT2D eigenvalue weighted by Gasteiger charge is 2.24. The number of carbonyl (C=O) groups is 2. The summed E-state index contributed by atoms with van der Waals surface area (Å²) in [6.45, 7) is 1.37. The summed E-state index contributed by atoms with van der Waals surface area (Å²) >= 11 is 1.55. The molecule has 1 aliphatic heterocycles. The van der Waals surface area contributed by atoms with E-state index in [1.54, 1.807) is 11.8 Å². The third-order valence-electron chi connectivity index (χ3n) is 3.54. The summed E-state index contributed by atoms with van der Waals surface area (Å²) in [5, 5.41) is 8.77. The Bertz CT molecular complexity index is 455. The molecular weight excluding hydrogens is 274 g/mol. The van der Waals surface area contributed by atoms with Crippen LogP contribution < -0.4 is 0 Å². The highest BCUT2D eigenvalue weighted by Crippen LogP contribution is 2.22. The number of hydrogen-bond acceptors (Lipinski definition) is 3. The molecule has 20 heavy (non-hydrogen) atoms. The van der Waals surface area contributed by atoms with E-state index in [4.69, 9.17) is 5.11 Å². The number of carbonyl (C=O) groups excluding carboxylic acids is 1. The lowest BCUT2D eigenvalue weighted by molar-refractivity contribution is -0.138. The molecule has 108 valence electrons. The lowest BCUT2D eigenvalue weighted by Gasteiger charge is -2.31. The summed E-state index contributed by atoms with van der Waals surface area (Å²) in [5.74, 6) is 0.0773. The van der Waals surface area contributed by atoms with Gasteiger partial charge in [0.2, 0.25) is 5.91 Å². The van der Waals surface area contributed by atoms with Crippen molar-refractivity contribution in [2.75, 3.05) is 18.8 Å². The van der Waals surface area contributed by atoms with Gasteiger partial charge < -0.3 is 10.0 Å². The summed E-state index contributed by atoms with van der Waals surface area (Å²) in [6, 6.07) is 9.88. The maximum absolute atomic E-state index is 12.1. The summed E-state index contributed by atoms with van der Waals surface area (Å²) in [6.07, 6.45) is 1.82. The number of rotatable bonds is 5. The molecule has 4 nitrogen and oxygen atoms in total. The Labute approximate surface area is 123 Å². The van der Waals surface area contributed by atoms with Crippen LogP contribution in [0.5, 0.6) is 0 Å². The van der Waals surface area contributed by atoms with Gasteiger partial charge in [-0.05, 0) is 30.9 Å². The first kappa shape index (κ1) is 14.9. The third kappa shape index (κ3) is 4.56. The van der Waals surface area contributed by atoms with Gasteiger partial charge in [-0.25, -0.2) is 0 Å². The van der Waals surface area contributed by atoms with Crippen molar-refractivity contribution < 1.29 is 14.7 Å². The summed E-state index contributed by atoms with van der Waals surface area (Å²) < 4.78 is 0. The van der Waals surface area contributed by atoms with Crippen molar-refractivity contribution in [2.45, 2.75) is 24.2 Å². The highest BCUT2D eigenvalue weighted by atomic mass is 32.2. The number of benzene rings is 1. The first-order valence-electron chi connectivity index (χ1n) is 6.82. The molecule has 0 atom stereocenters. The van der Waals surface area contributed by atoms with Gasteiger partial charge in [0.15, 0.2) is 0 Å². The molecule has 1 fully saturated rings. The Balaban J connectivity index is 1.73. The van der Waals surface area contributed by atoms with Crippen molar-refractivity contribution in [3.63, 3.8) is 0 Å². The number of aliphatic carboxylic acids is 1. The number of likely N-dealkylation sites (tertiary alicyclic amines) is 1. The number of hydrogen-bond donors (Lipinski definition) is 1. The molecule has 1 N–H and O–H groups in total. The molecule has 0 spiro atoms. The van der Waals surface area contributed by atoms with Gasteiger partial charge >= 0.3 is 5.97 Å². The second kappa shape index (κ2) is 7.33. The van der Waals surface area contributed by atoms with Gasteiger partial charge in [-0.3, -0.25) is 9.59 Å². The van der Waals surface area contributed by atoms with Crippen LogP contribution in [-0.2, 0) is 9.59 Å². The second-order valence-corrected chi connectivity index (χ2v) is 6.07. The normalized spacial score (nSPS) is 16.1. The van der Waals surface area contributed by atoms with Crippen LogP contribution in [-0.4, -0.2) is 40.7 Å². The predicted octanol–water partition coefficient (Wildman–Crippen LogP) is 2.49. The van der Waals surface area contributed by atoms with Crippen LogP contribution in [0.3, 0.4) is 0 Å². The van der Waals surface area contributed by atoms with Crippen LogP contribution in [0, 0.1) is 5.92 Å². The molecule has 0 saturated carbocycles. The van der Waals surface area contributed by atoms with E-state index in [1.807, 2.05) is 35.2 Å². The first-order valence-corrected chi connectivity index (χ1v) is 7.81. The van der Waals surface area contributed by atoms with Crippen LogP contribution in [0.25, 0.3) is 0 Å². The van der Waals surface area contributed by atoms with Crippen molar-refractivity contribution in [3.8, 4) is 0 Å². The van der Waals surface area contributed by atoms with E-state index in [1.165, 1.54) is 0 Å². The average Bonchev–Trinajstić information content (AvgIpc) is 2.46. The SMILES string of the molecule is O=C(O)CC1CCN(C(=O)CSc2ccccc2)CC1. The number of carboxylic acid groups (broad SMARTS) is 1. The minimum absolute atomic E-state index is 0.146. The molecular formula is C15H19NO3S. The van der Waals surface area contributed by atoms with Gasteiger partial charge in [0.25, 0.3) is 0 Å². The number of carboxylic acids is 1. The molecule has 1 saturated heterocycles. The molecule has 0 aromatic heterocycles. The molecule has 1 aliphatic rings. The molecule has 5 heteroatoms. The van der Waals surface area contributed by atoms with E-state index < -0.39 is 5.97 Å². The molecule has 2 rings (SSSR count). The minimum Gasteiger partial charge on any atom is -0.481 e. The first-order chi connectivity index (χ1) is 9.65. The average molecular weight is 293 g/mol. The molecule has 1 amide bonds. The fourth-order valence-electron chi connectivity index (χ4n) is 2.39. The van der Waals surface area contributed by atoms with Crippen molar-refractivity contribution in [3.05, 3.63) is 30.3 Å². The maximum atomic E-state index is 12.1. The van der Waals surface area contributed by atoms with Crippen LogP contribution >= 0.6 is 11.8 Å². The van der Waals surface area contributed by atoms with Crippen LogP contribution in [0.2, 0.25) is 0 Å². The van der Waals surface area contributed by atoms with Gasteiger partial charge in [0.05, 0.1) is 5.75 Å². The Hall–Kier alpha value is -1.49. The number of nitrogens with zero attached hydrogens (tertiary/aromatic N) is 1. The highest BCUT2D eigenvalue weighted by molar-refractivity contribution is 8.00. The quantitative estimate of drug-likeness (QED) is 0.847. The number of piperidine rings is 1. The van der Waals surface area contributed by atoms with Crippen LogP contribution in [0.15, 0.2) is 35.2 Å². The van der Waals surface area contributed by atoms with Crippen molar-refractivity contribution in [1.29, 1.82) is 0 Å². The summed E-state index contributed by atoms with van der Waals surface area (Å²) in [4.78, 5) is 25.7. The third-order valence-corrected chi connectivity index (χ3v) is 4.53. The molecule has 1 heterocycles. The summed E-state index contributed by atoms with van der Waals surface area (Å²) in [7, 11) is 0. The Kier molecular flexibility index (Phi) is 5.47. The topological polar surface area (TPSA) is 57.6 Å². The molecule has 0 radical (unpaired) electrons. The van der Waals surface area contributed by atoms with E-state index in [-0.39, 0.29) is 18.2 Å². The predicted molar refractivity (Wildman–Crippen MR) is 78.7 cm³/mol. The van der Waals surface area contributed by atoms with Crippen molar-refractivity contribution in [1.82, 2.24) is 4.90 Å². The molecule has 1 aromatic rings. The fraction of sp³-hybridized carbons (Fsp3) is 0.467. The zero-order chi connectivity index (χ0) is 14.4. The van der Waals surface area contributed by atoms with Crippen LogP contribution in [0.4, 0.5) is 0 Å². The zero-order valence-corrected chi connectivity index (χ0v) is 12.1. The smallest absolute Gasteiger partial charge is 0.303 e. The number of amides is 1. The lowest BCUT2D eigenvalue weighted by Crippen LogP contribution is -2.39. The van der Waals surface area contributed by atoms with E-state index in [2.05, 4.69) is 0 Å². The van der Waals surface area contributed by atoms with Crippen molar-refractivity contribution >= 4 is 23.6 Å². The standard InChI is InChI=1S/C15H19NO3S/c17-14(11-20-13-4-2-1-3-5-13)16-8-6-12(7-9-16)10-15(18)19/h1-5,12H,6-11H2,(H,18,19). The van der Waals surface area contributed by atoms with Crippen molar-refractivity contribution in [2.24, 2.45) is 5.92 Å². The van der Waals surface area contributed by atoms with Gasteiger partial charge in [-0.15, -0.1) is 11.8 Å². The van der Waals surface area contributed by atoms with E-state index in [0.29, 0.717) is 18.8 Å². The fourth-order valence-corrected chi connectivity index (χ4v) is 3.21. The lowest BCUT2D eigenvalue weighted by atomic mass is 9.94. The van der Waals surface area contributed by atoms with Crippen LogP contribution in [0.1, 0.15) is 19.3 Å². The zero-order valence-electron chi connectivity index (χ0n) is 11.3. The summed E-state index contributed by atoms with van der Waals surface area (Å²) in [5.41, 5.74) is 0. The van der Waals surface area contributed by atoms with Gasteiger partial charge in [0, 0.05) is 24.4 Å². The van der Waals surface area contributed by atoms with Gasteiger partial charge in [-0.2, -0.15) is 0 Å². The maximum Gasteiger partial charge on any atom is 0.303 e. The molecule has 0 aliphatic carbocycles. The molecule has 0 bridgehead atoms. The largest absolute Gasteiger partial charge is 0.481 e. The minimum atomic E-state index is -0.741. The van der Waals surface area contributed by atoms with E-state index in [0.717, 1.165) is 17.7 Å². The second-order valence-electron chi connectivity index (χ2n) is 5.02. The van der Waals surface area contributed by atoms with Gasteiger partial charge in [0.1, 0.15) is 0 Å². The van der Waals surface area contributed by atoms with Gasteiger partial charge in [-0.1, -0.05) is 18.2 Å². The number of thioether (sulfide) groups is 1. The Morgan fingerprint density at radius 3 is 2.45 bits per heavy atom. The monoisotopic (exact) mass is 293 g/mol. The van der Waals surface area contributed by atoms with E-state index in [9.17, 15) is 9.59 Å². The Morgan fingerprint density at radius 2 is 1.85 bits per heavy atom. The van der Waals surface area contributed by atoms with E-state index >= 15 is 0 Å².